The van der Waals surface area contributed by atoms with Crippen molar-refractivity contribution in [2.45, 2.75) is 70.2 Å². The van der Waals surface area contributed by atoms with Crippen molar-refractivity contribution in [3.05, 3.63) is 12.5 Å². The fraction of sp³-hybridized carbons (Fsp3) is 0.800. The maximum Gasteiger partial charge on any atom is 0.260 e. The first-order valence-electron chi connectivity index (χ1n) is 8.11. The minimum atomic E-state index is -3.42. The Morgan fingerprint density at radius 1 is 1.00 bits per heavy atom. The van der Waals surface area contributed by atoms with Gasteiger partial charge in [-0.25, -0.2) is 13.4 Å². The zero-order valence-electron chi connectivity index (χ0n) is 13.3. The van der Waals surface area contributed by atoms with Gasteiger partial charge in [-0.1, -0.05) is 52.4 Å². The van der Waals surface area contributed by atoms with E-state index in [1.165, 1.54) is 12.5 Å². The van der Waals surface area contributed by atoms with Gasteiger partial charge in [0, 0.05) is 13.1 Å². The maximum atomic E-state index is 12.6. The highest BCUT2D eigenvalue weighted by Gasteiger charge is 2.24. The number of hydrogen-bond acceptors (Lipinski definition) is 3. The van der Waals surface area contributed by atoms with Crippen LogP contribution in [0.4, 0.5) is 0 Å². The molecule has 0 unspecified atom stereocenters. The lowest BCUT2D eigenvalue weighted by atomic mass is 10.2. The summed E-state index contributed by atoms with van der Waals surface area (Å²) in [5, 5.41) is 0.202. The van der Waals surface area contributed by atoms with E-state index in [1.54, 1.807) is 4.31 Å². The molecule has 0 fully saturated rings. The van der Waals surface area contributed by atoms with E-state index in [0.29, 0.717) is 13.1 Å². The molecule has 122 valence electrons. The topological polar surface area (TPSA) is 66.1 Å². The number of H-pyrrole nitrogens is 1. The lowest BCUT2D eigenvalue weighted by Crippen LogP contribution is -2.33. The number of aromatic nitrogens is 2. The van der Waals surface area contributed by atoms with Gasteiger partial charge >= 0.3 is 0 Å². The summed E-state index contributed by atoms with van der Waals surface area (Å²) in [6.45, 7) is 5.52. The molecule has 0 bridgehead atoms. The van der Waals surface area contributed by atoms with Crippen LogP contribution in [0, 0.1) is 0 Å². The summed E-state index contributed by atoms with van der Waals surface area (Å²) < 4.78 is 26.8. The fourth-order valence-corrected chi connectivity index (χ4v) is 3.72. The van der Waals surface area contributed by atoms with Crippen molar-refractivity contribution in [3.63, 3.8) is 0 Å². The molecule has 1 heterocycles. The number of unbranched alkanes of at least 4 members (excludes halogenated alkanes) is 6. The zero-order chi connectivity index (χ0) is 15.6. The lowest BCUT2D eigenvalue weighted by molar-refractivity contribution is 0.384. The predicted octanol–water partition coefficient (Wildman–Crippen LogP) is 3.56. The van der Waals surface area contributed by atoms with Gasteiger partial charge in [0.1, 0.15) is 0 Å². The van der Waals surface area contributed by atoms with E-state index >= 15 is 0 Å². The van der Waals surface area contributed by atoms with Crippen molar-refractivity contribution in [3.8, 4) is 0 Å². The van der Waals surface area contributed by atoms with Crippen LogP contribution in [0.3, 0.4) is 0 Å². The maximum absolute atomic E-state index is 12.6. The number of nitrogens with zero attached hydrogens (tertiary/aromatic N) is 2. The molecule has 0 spiro atoms. The van der Waals surface area contributed by atoms with Gasteiger partial charge in [0.25, 0.3) is 10.0 Å². The largest absolute Gasteiger partial charge is 0.335 e. The van der Waals surface area contributed by atoms with E-state index in [1.807, 2.05) is 0 Å². The average molecular weight is 315 g/mol. The number of nitrogens with one attached hydrogen (secondary N) is 1. The summed E-state index contributed by atoms with van der Waals surface area (Å²) in [7, 11) is -3.42. The van der Waals surface area contributed by atoms with Crippen molar-refractivity contribution in [2.75, 3.05) is 13.1 Å². The van der Waals surface area contributed by atoms with E-state index in [0.717, 1.165) is 51.4 Å². The average Bonchev–Trinajstić information content (AvgIpc) is 3.00. The highest BCUT2D eigenvalue weighted by Crippen LogP contribution is 2.15. The van der Waals surface area contributed by atoms with Gasteiger partial charge in [0.2, 0.25) is 0 Å². The van der Waals surface area contributed by atoms with Crippen molar-refractivity contribution in [1.82, 2.24) is 14.3 Å². The van der Waals surface area contributed by atoms with Crippen LogP contribution in [0.15, 0.2) is 17.6 Å². The minimum Gasteiger partial charge on any atom is -0.335 e. The van der Waals surface area contributed by atoms with Crippen LogP contribution in [-0.4, -0.2) is 35.8 Å². The molecule has 5 nitrogen and oxygen atoms in total. The Balaban J connectivity index is 2.61. The van der Waals surface area contributed by atoms with Crippen LogP contribution in [0.5, 0.6) is 0 Å². The van der Waals surface area contributed by atoms with Crippen LogP contribution in [0.2, 0.25) is 0 Å². The molecule has 1 aromatic rings. The first-order chi connectivity index (χ1) is 10.1. The lowest BCUT2D eigenvalue weighted by Gasteiger charge is -2.21. The van der Waals surface area contributed by atoms with Crippen LogP contribution in [0.1, 0.15) is 65.2 Å². The number of sulfonamides is 1. The van der Waals surface area contributed by atoms with Gasteiger partial charge in [-0.05, 0) is 12.8 Å². The molecule has 1 aromatic heterocycles. The summed E-state index contributed by atoms with van der Waals surface area (Å²) in [4.78, 5) is 6.55. The molecule has 0 aromatic carbocycles. The number of imidazole rings is 1. The molecule has 0 aliphatic carbocycles. The fourth-order valence-electron chi connectivity index (χ4n) is 2.31. The quantitative estimate of drug-likeness (QED) is 0.600. The second-order valence-corrected chi connectivity index (χ2v) is 7.35. The highest BCUT2D eigenvalue weighted by molar-refractivity contribution is 7.89. The molecule has 21 heavy (non-hydrogen) atoms. The second-order valence-electron chi connectivity index (χ2n) is 5.44. The van der Waals surface area contributed by atoms with E-state index < -0.39 is 10.0 Å². The van der Waals surface area contributed by atoms with Crippen molar-refractivity contribution < 1.29 is 8.42 Å². The Morgan fingerprint density at radius 2 is 1.57 bits per heavy atom. The van der Waals surface area contributed by atoms with Crippen molar-refractivity contribution in [1.29, 1.82) is 0 Å². The molecule has 1 rings (SSSR count). The summed E-state index contributed by atoms with van der Waals surface area (Å²) in [6, 6.07) is 0. The smallest absolute Gasteiger partial charge is 0.260 e. The molecule has 0 atom stereocenters. The van der Waals surface area contributed by atoms with E-state index in [2.05, 4.69) is 23.8 Å². The molecule has 1 N–H and O–H groups in total. The summed E-state index contributed by atoms with van der Waals surface area (Å²) in [6.07, 6.45) is 11.5. The first kappa shape index (κ1) is 18.2. The zero-order valence-corrected chi connectivity index (χ0v) is 14.2. The minimum absolute atomic E-state index is 0.202. The van der Waals surface area contributed by atoms with Gasteiger partial charge in [0.15, 0.2) is 5.03 Å². The number of rotatable bonds is 12. The number of aromatic amines is 1. The Labute approximate surface area is 129 Å². The van der Waals surface area contributed by atoms with Gasteiger partial charge in [-0.2, -0.15) is 4.31 Å². The van der Waals surface area contributed by atoms with Gasteiger partial charge in [-0.15, -0.1) is 0 Å². The van der Waals surface area contributed by atoms with Gasteiger partial charge < -0.3 is 4.98 Å². The molecule has 0 saturated carbocycles. The highest BCUT2D eigenvalue weighted by atomic mass is 32.2. The van der Waals surface area contributed by atoms with Gasteiger partial charge in [-0.3, -0.25) is 0 Å². The van der Waals surface area contributed by atoms with Crippen molar-refractivity contribution in [2.24, 2.45) is 0 Å². The summed E-state index contributed by atoms with van der Waals surface area (Å²) in [5.41, 5.74) is 0. The van der Waals surface area contributed by atoms with Crippen LogP contribution in [-0.2, 0) is 10.0 Å². The molecule has 6 heteroatoms. The molecule has 0 radical (unpaired) electrons. The standard InChI is InChI=1S/C15H29N3O2S/c1-3-5-7-9-11-18(12-10-8-6-4-2)21(19,20)15-13-16-14-17-15/h13-14H,3-12H2,1-2H3,(H,16,17). The third kappa shape index (κ3) is 6.18. The summed E-state index contributed by atoms with van der Waals surface area (Å²) >= 11 is 0. The molecule has 0 saturated heterocycles. The molecule has 0 aliphatic heterocycles. The van der Waals surface area contributed by atoms with Crippen LogP contribution < -0.4 is 0 Å². The predicted molar refractivity (Wildman–Crippen MR) is 85.6 cm³/mol. The molecule has 0 aliphatic rings. The van der Waals surface area contributed by atoms with Gasteiger partial charge in [0.05, 0.1) is 12.5 Å². The first-order valence-corrected chi connectivity index (χ1v) is 9.55. The van der Waals surface area contributed by atoms with Crippen molar-refractivity contribution >= 4 is 10.0 Å². The van der Waals surface area contributed by atoms with E-state index in [9.17, 15) is 8.42 Å². The van der Waals surface area contributed by atoms with E-state index in [-0.39, 0.29) is 5.03 Å². The SMILES string of the molecule is CCCCCCN(CCCCCC)S(=O)(=O)c1cnc[nH]1. The van der Waals surface area contributed by atoms with Crippen LogP contribution in [0.25, 0.3) is 0 Å². The Kier molecular flexibility index (Phi) is 8.61. The second kappa shape index (κ2) is 9.95. The third-order valence-corrected chi connectivity index (χ3v) is 5.44. The number of hydrogen-bond donors (Lipinski definition) is 1. The van der Waals surface area contributed by atoms with Crippen LogP contribution >= 0.6 is 0 Å². The molecular weight excluding hydrogens is 286 g/mol. The normalized spacial score (nSPS) is 12.1. The molecular formula is C15H29N3O2S. The Bertz CT molecular complexity index is 445. The summed E-state index contributed by atoms with van der Waals surface area (Å²) in [5.74, 6) is 0. The molecule has 0 amide bonds. The third-order valence-electron chi connectivity index (χ3n) is 3.61. The Hall–Kier alpha value is -0.880. The van der Waals surface area contributed by atoms with E-state index in [4.69, 9.17) is 0 Å². The Morgan fingerprint density at radius 3 is 2.00 bits per heavy atom. The monoisotopic (exact) mass is 315 g/mol.